The molecule has 6 heteroatoms. The average Bonchev–Trinajstić information content (AvgIpc) is 2.86. The Kier molecular flexibility index (Phi) is 5.39. The van der Waals surface area contributed by atoms with Gasteiger partial charge in [0.1, 0.15) is 11.5 Å². The SMILES string of the molecule is COc1ccc(NC(=O)C(C)Cc2c(C)noc2C)cc1CO. The molecule has 0 radical (unpaired) electrons. The summed E-state index contributed by atoms with van der Waals surface area (Å²) in [4.78, 5) is 12.4. The van der Waals surface area contributed by atoms with Crippen molar-refractivity contribution < 1.29 is 19.2 Å². The lowest BCUT2D eigenvalue weighted by Gasteiger charge is -2.14. The van der Waals surface area contributed by atoms with Crippen LogP contribution in [0.2, 0.25) is 0 Å². The minimum Gasteiger partial charge on any atom is -0.496 e. The Morgan fingerprint density at radius 2 is 2.17 bits per heavy atom. The van der Waals surface area contributed by atoms with Crippen molar-refractivity contribution in [2.24, 2.45) is 5.92 Å². The van der Waals surface area contributed by atoms with Gasteiger partial charge in [-0.3, -0.25) is 4.79 Å². The Bertz CT molecular complexity index is 674. The number of anilines is 1. The highest BCUT2D eigenvalue weighted by Crippen LogP contribution is 2.23. The van der Waals surface area contributed by atoms with Crippen LogP contribution in [0.3, 0.4) is 0 Å². The van der Waals surface area contributed by atoms with Crippen molar-refractivity contribution in [2.75, 3.05) is 12.4 Å². The number of aliphatic hydroxyl groups is 1. The van der Waals surface area contributed by atoms with Gasteiger partial charge in [0.15, 0.2) is 0 Å². The van der Waals surface area contributed by atoms with Crippen LogP contribution in [0.15, 0.2) is 22.7 Å². The fourth-order valence-corrected chi connectivity index (χ4v) is 2.44. The Morgan fingerprint density at radius 1 is 1.43 bits per heavy atom. The van der Waals surface area contributed by atoms with Crippen LogP contribution >= 0.6 is 0 Å². The van der Waals surface area contributed by atoms with E-state index in [1.165, 1.54) is 0 Å². The Morgan fingerprint density at radius 3 is 2.74 bits per heavy atom. The number of carbonyl (C=O) groups is 1. The van der Waals surface area contributed by atoms with Crippen LogP contribution < -0.4 is 10.1 Å². The van der Waals surface area contributed by atoms with Crippen LogP contribution in [0.5, 0.6) is 5.75 Å². The molecular weight excluding hydrogens is 296 g/mol. The Balaban J connectivity index is 2.06. The van der Waals surface area contributed by atoms with E-state index in [4.69, 9.17) is 9.26 Å². The molecule has 1 aromatic carbocycles. The summed E-state index contributed by atoms with van der Waals surface area (Å²) in [5.74, 6) is 1.01. The largest absolute Gasteiger partial charge is 0.496 e. The first-order valence-electron chi connectivity index (χ1n) is 7.46. The normalized spacial score (nSPS) is 12.0. The number of nitrogens with one attached hydrogen (secondary N) is 1. The van der Waals surface area contributed by atoms with Gasteiger partial charge in [0.05, 0.1) is 19.4 Å². The highest BCUT2D eigenvalue weighted by Gasteiger charge is 2.19. The molecule has 2 rings (SSSR count). The smallest absolute Gasteiger partial charge is 0.227 e. The second-order valence-corrected chi connectivity index (χ2v) is 5.58. The number of aliphatic hydroxyl groups excluding tert-OH is 1. The first-order chi connectivity index (χ1) is 11.0. The molecule has 6 nitrogen and oxygen atoms in total. The van der Waals surface area contributed by atoms with Gasteiger partial charge in [-0.15, -0.1) is 0 Å². The third-order valence-electron chi connectivity index (χ3n) is 3.86. The van der Waals surface area contributed by atoms with E-state index in [-0.39, 0.29) is 18.4 Å². The number of amides is 1. The number of aryl methyl sites for hydroxylation is 2. The van der Waals surface area contributed by atoms with Gasteiger partial charge >= 0.3 is 0 Å². The predicted molar refractivity (Wildman–Crippen MR) is 86.4 cm³/mol. The van der Waals surface area contributed by atoms with Crippen LogP contribution in [0.4, 0.5) is 5.69 Å². The molecule has 0 aliphatic heterocycles. The zero-order valence-corrected chi connectivity index (χ0v) is 13.8. The highest BCUT2D eigenvalue weighted by molar-refractivity contribution is 5.92. The molecule has 0 aliphatic rings. The first-order valence-corrected chi connectivity index (χ1v) is 7.46. The van der Waals surface area contributed by atoms with E-state index in [1.807, 2.05) is 20.8 Å². The highest BCUT2D eigenvalue weighted by atomic mass is 16.5. The van der Waals surface area contributed by atoms with Crippen molar-refractivity contribution in [2.45, 2.75) is 33.8 Å². The van der Waals surface area contributed by atoms with Crippen molar-refractivity contribution in [1.82, 2.24) is 5.16 Å². The second-order valence-electron chi connectivity index (χ2n) is 5.58. The van der Waals surface area contributed by atoms with Crippen LogP contribution in [-0.2, 0) is 17.8 Å². The number of rotatable bonds is 6. The third-order valence-corrected chi connectivity index (χ3v) is 3.86. The minimum absolute atomic E-state index is 0.0981. The van der Waals surface area contributed by atoms with E-state index in [0.29, 0.717) is 23.4 Å². The van der Waals surface area contributed by atoms with Gasteiger partial charge in [-0.2, -0.15) is 0 Å². The van der Waals surface area contributed by atoms with E-state index in [0.717, 1.165) is 17.0 Å². The Labute approximate surface area is 135 Å². The maximum absolute atomic E-state index is 12.4. The number of methoxy groups -OCH3 is 1. The maximum Gasteiger partial charge on any atom is 0.227 e. The summed E-state index contributed by atoms with van der Waals surface area (Å²) in [6.07, 6.45) is 0.565. The molecule has 0 spiro atoms. The number of hydrogen-bond donors (Lipinski definition) is 2. The maximum atomic E-state index is 12.4. The molecule has 2 N–H and O–H groups in total. The Hall–Kier alpha value is -2.34. The summed E-state index contributed by atoms with van der Waals surface area (Å²) in [5, 5.41) is 16.1. The van der Waals surface area contributed by atoms with Gasteiger partial charge in [-0.1, -0.05) is 12.1 Å². The number of benzene rings is 1. The van der Waals surface area contributed by atoms with Gasteiger partial charge in [-0.25, -0.2) is 0 Å². The standard InChI is InChI=1S/C17H22N2O4/c1-10(7-15-11(2)19-23-12(15)3)17(21)18-14-5-6-16(22-4)13(8-14)9-20/h5-6,8,10,20H,7,9H2,1-4H3,(H,18,21). The monoisotopic (exact) mass is 318 g/mol. The fourth-order valence-electron chi connectivity index (χ4n) is 2.44. The molecule has 1 unspecified atom stereocenters. The zero-order chi connectivity index (χ0) is 17.0. The molecule has 1 amide bonds. The lowest BCUT2D eigenvalue weighted by Crippen LogP contribution is -2.22. The van der Waals surface area contributed by atoms with Gasteiger partial charge in [0.2, 0.25) is 5.91 Å². The van der Waals surface area contributed by atoms with Crippen molar-refractivity contribution in [1.29, 1.82) is 0 Å². The van der Waals surface area contributed by atoms with Crippen LogP contribution in [0, 0.1) is 19.8 Å². The van der Waals surface area contributed by atoms with Crippen LogP contribution in [0.25, 0.3) is 0 Å². The molecule has 124 valence electrons. The lowest BCUT2D eigenvalue weighted by molar-refractivity contribution is -0.119. The topological polar surface area (TPSA) is 84.6 Å². The summed E-state index contributed by atoms with van der Waals surface area (Å²) < 4.78 is 10.3. The van der Waals surface area contributed by atoms with Crippen LogP contribution in [0.1, 0.15) is 29.5 Å². The van der Waals surface area contributed by atoms with Crippen molar-refractivity contribution in [3.63, 3.8) is 0 Å². The fraction of sp³-hybridized carbons (Fsp3) is 0.412. The van der Waals surface area contributed by atoms with E-state index in [1.54, 1.807) is 25.3 Å². The molecule has 1 heterocycles. The molecule has 1 atom stereocenters. The lowest BCUT2D eigenvalue weighted by atomic mass is 9.99. The molecule has 0 aliphatic carbocycles. The van der Waals surface area contributed by atoms with Gasteiger partial charge in [-0.05, 0) is 38.5 Å². The molecule has 0 saturated heterocycles. The summed E-state index contributed by atoms with van der Waals surface area (Å²) in [7, 11) is 1.54. The first kappa shape index (κ1) is 17.0. The number of aromatic nitrogens is 1. The van der Waals surface area contributed by atoms with Crippen molar-refractivity contribution in [3.05, 3.63) is 40.8 Å². The number of nitrogens with zero attached hydrogens (tertiary/aromatic N) is 1. The van der Waals surface area contributed by atoms with E-state index >= 15 is 0 Å². The molecule has 0 fully saturated rings. The summed E-state index contributed by atoms with van der Waals surface area (Å²) >= 11 is 0. The van der Waals surface area contributed by atoms with Gasteiger partial charge in [0.25, 0.3) is 0 Å². The summed E-state index contributed by atoms with van der Waals surface area (Å²) in [6, 6.07) is 5.18. The molecule has 1 aromatic heterocycles. The van der Waals surface area contributed by atoms with Gasteiger partial charge in [0, 0.05) is 22.7 Å². The quantitative estimate of drug-likeness (QED) is 0.855. The second kappa shape index (κ2) is 7.28. The number of ether oxygens (including phenoxy) is 1. The van der Waals surface area contributed by atoms with E-state index in [9.17, 15) is 9.90 Å². The van der Waals surface area contributed by atoms with Crippen molar-refractivity contribution in [3.8, 4) is 5.75 Å². The summed E-state index contributed by atoms with van der Waals surface area (Å²) in [6.45, 7) is 5.42. The van der Waals surface area contributed by atoms with E-state index in [2.05, 4.69) is 10.5 Å². The van der Waals surface area contributed by atoms with Crippen molar-refractivity contribution >= 4 is 11.6 Å². The predicted octanol–water partition coefficient (Wildman–Crippen LogP) is 2.61. The average molecular weight is 318 g/mol. The van der Waals surface area contributed by atoms with E-state index < -0.39 is 0 Å². The minimum atomic E-state index is -0.230. The number of hydrogen-bond acceptors (Lipinski definition) is 5. The van der Waals surface area contributed by atoms with Gasteiger partial charge < -0.3 is 19.7 Å². The van der Waals surface area contributed by atoms with Crippen LogP contribution in [-0.4, -0.2) is 23.3 Å². The molecule has 23 heavy (non-hydrogen) atoms. The molecule has 0 bridgehead atoms. The zero-order valence-electron chi connectivity index (χ0n) is 13.8. The number of carbonyl (C=O) groups excluding carboxylic acids is 1. The third kappa shape index (κ3) is 3.90. The molecule has 2 aromatic rings. The molecular formula is C17H22N2O4. The molecule has 0 saturated carbocycles. The summed E-state index contributed by atoms with van der Waals surface area (Å²) in [5.41, 5.74) is 3.04.